The molecule has 4 heteroatoms. The Kier molecular flexibility index (Phi) is 4.47. The van der Waals surface area contributed by atoms with E-state index in [0.29, 0.717) is 11.4 Å². The molecule has 4 rings (SSSR count). The van der Waals surface area contributed by atoms with Crippen LogP contribution in [0.4, 0.5) is 5.69 Å². The maximum atomic E-state index is 13.4. The van der Waals surface area contributed by atoms with Crippen molar-refractivity contribution in [1.82, 2.24) is 9.97 Å². The van der Waals surface area contributed by atoms with E-state index >= 15 is 0 Å². The number of nitrogens with zero attached hydrogens (tertiary/aromatic N) is 2. The topological polar surface area (TPSA) is 49.0 Å². The van der Waals surface area contributed by atoms with Crippen molar-refractivity contribution in [3.05, 3.63) is 95.8 Å². The Bertz CT molecular complexity index is 1030. The number of aromatic amines is 1. The Hall–Kier alpha value is -3.40. The lowest BCUT2D eigenvalue weighted by Gasteiger charge is -2.16. The van der Waals surface area contributed by atoms with Crippen molar-refractivity contribution in [1.29, 1.82) is 0 Å². The van der Waals surface area contributed by atoms with E-state index in [1.807, 2.05) is 97.9 Å². The summed E-state index contributed by atoms with van der Waals surface area (Å²) in [4.78, 5) is 23.5. The predicted octanol–water partition coefficient (Wildman–Crippen LogP) is 4.64. The average Bonchev–Trinajstić information content (AvgIpc) is 3.12. The summed E-state index contributed by atoms with van der Waals surface area (Å²) in [6.45, 7) is 0. The highest BCUT2D eigenvalue weighted by atomic mass is 16.1. The third-order valence-corrected chi connectivity index (χ3v) is 4.74. The van der Waals surface area contributed by atoms with Crippen molar-refractivity contribution in [2.75, 3.05) is 19.0 Å². The molecule has 3 aromatic carbocycles. The molecule has 0 aliphatic rings. The molecule has 27 heavy (non-hydrogen) atoms. The third kappa shape index (κ3) is 3.34. The Morgan fingerprint density at radius 1 is 0.889 bits per heavy atom. The first-order valence-corrected chi connectivity index (χ1v) is 8.94. The second-order valence-electron chi connectivity index (χ2n) is 6.79. The molecule has 1 unspecified atom stereocenters. The summed E-state index contributed by atoms with van der Waals surface area (Å²) in [7, 11) is 3.97. The molecule has 0 saturated heterocycles. The van der Waals surface area contributed by atoms with Crippen LogP contribution >= 0.6 is 0 Å². The highest BCUT2D eigenvalue weighted by molar-refractivity contribution is 6.03. The van der Waals surface area contributed by atoms with E-state index < -0.39 is 5.92 Å². The van der Waals surface area contributed by atoms with Crippen molar-refractivity contribution in [2.24, 2.45) is 0 Å². The zero-order chi connectivity index (χ0) is 18.8. The number of hydrogen-bond acceptors (Lipinski definition) is 3. The number of nitrogens with one attached hydrogen (secondary N) is 1. The Morgan fingerprint density at radius 3 is 2.22 bits per heavy atom. The third-order valence-electron chi connectivity index (χ3n) is 4.74. The molecule has 0 spiro atoms. The van der Waals surface area contributed by atoms with Crippen LogP contribution in [0.2, 0.25) is 0 Å². The van der Waals surface area contributed by atoms with Gasteiger partial charge in [0.2, 0.25) is 0 Å². The van der Waals surface area contributed by atoms with Crippen molar-refractivity contribution in [2.45, 2.75) is 5.92 Å². The smallest absolute Gasteiger partial charge is 0.177 e. The molecule has 0 amide bonds. The quantitative estimate of drug-likeness (QED) is 0.530. The number of rotatable bonds is 5. The van der Waals surface area contributed by atoms with Gasteiger partial charge >= 0.3 is 0 Å². The summed E-state index contributed by atoms with van der Waals surface area (Å²) >= 11 is 0. The van der Waals surface area contributed by atoms with E-state index in [9.17, 15) is 4.79 Å². The molecule has 0 bridgehead atoms. The number of para-hydroxylation sites is 2. The fourth-order valence-electron chi connectivity index (χ4n) is 3.28. The fourth-order valence-corrected chi connectivity index (χ4v) is 3.28. The van der Waals surface area contributed by atoms with Crippen molar-refractivity contribution in [3.63, 3.8) is 0 Å². The van der Waals surface area contributed by atoms with Crippen molar-refractivity contribution >= 4 is 22.5 Å². The minimum atomic E-state index is -0.469. The summed E-state index contributed by atoms with van der Waals surface area (Å²) in [5.74, 6) is 0.235. The molecule has 4 aromatic rings. The van der Waals surface area contributed by atoms with Gasteiger partial charge in [-0.15, -0.1) is 0 Å². The Morgan fingerprint density at radius 2 is 1.56 bits per heavy atom. The van der Waals surface area contributed by atoms with Gasteiger partial charge in [-0.1, -0.05) is 42.5 Å². The molecular weight excluding hydrogens is 334 g/mol. The normalized spacial score (nSPS) is 12.1. The number of fused-ring (bicyclic) bond motifs is 1. The molecule has 0 fully saturated rings. The zero-order valence-electron chi connectivity index (χ0n) is 15.4. The standard InChI is InChI=1S/C23H21N3O/c1-26(2)18-14-12-17(13-15-18)22(27)21(16-8-4-3-5-9-16)23-24-19-10-6-7-11-20(19)25-23/h3-15,21H,1-2H3,(H,24,25). The lowest BCUT2D eigenvalue weighted by molar-refractivity contribution is 0.0971. The van der Waals surface area contributed by atoms with Crippen LogP contribution in [0.5, 0.6) is 0 Å². The number of Topliss-reactive ketones (excluding diaryl/α,β-unsaturated/α-hetero) is 1. The number of anilines is 1. The highest BCUT2D eigenvalue weighted by Gasteiger charge is 2.27. The van der Waals surface area contributed by atoms with Gasteiger partial charge in [0.05, 0.1) is 11.0 Å². The van der Waals surface area contributed by atoms with E-state index in [1.54, 1.807) is 0 Å². The van der Waals surface area contributed by atoms with Gasteiger partial charge in [0.1, 0.15) is 11.7 Å². The first-order valence-electron chi connectivity index (χ1n) is 8.94. The molecule has 0 aliphatic heterocycles. The molecule has 0 aliphatic carbocycles. The fraction of sp³-hybridized carbons (Fsp3) is 0.130. The predicted molar refractivity (Wildman–Crippen MR) is 109 cm³/mol. The number of aromatic nitrogens is 2. The molecule has 4 nitrogen and oxygen atoms in total. The average molecular weight is 355 g/mol. The van der Waals surface area contributed by atoms with Crippen LogP contribution in [-0.4, -0.2) is 29.8 Å². The summed E-state index contributed by atoms with van der Waals surface area (Å²) in [6, 6.07) is 25.4. The Balaban J connectivity index is 1.79. The first kappa shape index (κ1) is 17.0. The lowest BCUT2D eigenvalue weighted by atomic mass is 9.90. The van der Waals surface area contributed by atoms with Crippen LogP contribution < -0.4 is 4.90 Å². The lowest BCUT2D eigenvalue weighted by Crippen LogP contribution is -2.16. The zero-order valence-corrected chi connectivity index (χ0v) is 15.4. The van der Waals surface area contributed by atoms with E-state index in [0.717, 1.165) is 22.3 Å². The van der Waals surface area contributed by atoms with Crippen LogP contribution in [0.3, 0.4) is 0 Å². The molecule has 1 aromatic heterocycles. The minimum Gasteiger partial charge on any atom is -0.378 e. The van der Waals surface area contributed by atoms with Crippen LogP contribution in [0, 0.1) is 0 Å². The van der Waals surface area contributed by atoms with E-state index in [4.69, 9.17) is 4.98 Å². The van der Waals surface area contributed by atoms with Gasteiger partial charge < -0.3 is 9.88 Å². The maximum Gasteiger partial charge on any atom is 0.177 e. The van der Waals surface area contributed by atoms with Gasteiger partial charge in [0.25, 0.3) is 0 Å². The Labute approximate surface area is 158 Å². The number of H-pyrrole nitrogens is 1. The SMILES string of the molecule is CN(C)c1ccc(C(=O)C(c2ccccc2)c2nc3ccccc3[nH]2)cc1. The van der Waals surface area contributed by atoms with Gasteiger partial charge in [-0.2, -0.15) is 0 Å². The van der Waals surface area contributed by atoms with E-state index in [-0.39, 0.29) is 5.78 Å². The second-order valence-corrected chi connectivity index (χ2v) is 6.79. The number of benzene rings is 3. The van der Waals surface area contributed by atoms with Crippen molar-refractivity contribution < 1.29 is 4.79 Å². The molecular formula is C23H21N3O. The molecule has 134 valence electrons. The number of imidazole rings is 1. The number of hydrogen-bond donors (Lipinski definition) is 1. The van der Waals surface area contributed by atoms with E-state index in [2.05, 4.69) is 4.98 Å². The molecule has 0 saturated carbocycles. The maximum absolute atomic E-state index is 13.4. The van der Waals surface area contributed by atoms with Gasteiger partial charge in [0, 0.05) is 25.3 Å². The monoisotopic (exact) mass is 355 g/mol. The van der Waals surface area contributed by atoms with Crippen LogP contribution in [0.25, 0.3) is 11.0 Å². The van der Waals surface area contributed by atoms with Crippen LogP contribution in [0.1, 0.15) is 27.7 Å². The largest absolute Gasteiger partial charge is 0.378 e. The second kappa shape index (κ2) is 7.08. The van der Waals surface area contributed by atoms with Crippen LogP contribution in [0.15, 0.2) is 78.9 Å². The summed E-state index contributed by atoms with van der Waals surface area (Å²) < 4.78 is 0. The summed E-state index contributed by atoms with van der Waals surface area (Å²) in [5, 5.41) is 0. The summed E-state index contributed by atoms with van der Waals surface area (Å²) in [5.41, 5.74) is 4.47. The van der Waals surface area contributed by atoms with Gasteiger partial charge in [-0.05, 0) is 42.0 Å². The van der Waals surface area contributed by atoms with Gasteiger partial charge in [-0.25, -0.2) is 4.98 Å². The van der Waals surface area contributed by atoms with Crippen LogP contribution in [-0.2, 0) is 0 Å². The highest BCUT2D eigenvalue weighted by Crippen LogP contribution is 2.29. The summed E-state index contributed by atoms with van der Waals surface area (Å²) in [6.07, 6.45) is 0. The van der Waals surface area contributed by atoms with Gasteiger partial charge in [0.15, 0.2) is 5.78 Å². The van der Waals surface area contributed by atoms with Gasteiger partial charge in [-0.3, -0.25) is 4.79 Å². The first-order chi connectivity index (χ1) is 13.1. The number of carbonyl (C=O) groups is 1. The number of ketones is 1. The molecule has 0 radical (unpaired) electrons. The number of carbonyl (C=O) groups excluding carboxylic acids is 1. The van der Waals surface area contributed by atoms with Crippen molar-refractivity contribution in [3.8, 4) is 0 Å². The van der Waals surface area contributed by atoms with E-state index in [1.165, 1.54) is 0 Å². The molecule has 1 heterocycles. The molecule has 1 N–H and O–H groups in total. The minimum absolute atomic E-state index is 0.0329. The molecule has 1 atom stereocenters.